The second-order valence-corrected chi connectivity index (χ2v) is 19.6. The molecule has 7 N–H and O–H groups in total. The van der Waals surface area contributed by atoms with Gasteiger partial charge in [0.15, 0.2) is 0 Å². The molecule has 3 amide bonds. The zero-order valence-electron chi connectivity index (χ0n) is 35.8. The number of aliphatic hydroxyl groups is 1. The lowest BCUT2D eigenvalue weighted by Gasteiger charge is -2.46. The number of amides is 3. The molecule has 5 atom stereocenters. The van der Waals surface area contributed by atoms with Crippen molar-refractivity contribution in [1.82, 2.24) is 25.4 Å². The number of benzene rings is 3. The van der Waals surface area contributed by atoms with E-state index < -0.39 is 62.6 Å². The van der Waals surface area contributed by atoms with Crippen molar-refractivity contribution in [2.24, 2.45) is 10.7 Å². The van der Waals surface area contributed by atoms with Crippen molar-refractivity contribution in [3.05, 3.63) is 82.9 Å². The summed E-state index contributed by atoms with van der Waals surface area (Å²) in [5.41, 5.74) is 7.33. The molecule has 330 valence electrons. The van der Waals surface area contributed by atoms with Crippen molar-refractivity contribution in [2.45, 2.75) is 118 Å². The minimum absolute atomic E-state index is 0.0820. The summed E-state index contributed by atoms with van der Waals surface area (Å²) in [6.07, 6.45) is -0.438. The Morgan fingerprint density at radius 1 is 1.08 bits per heavy atom. The quantitative estimate of drug-likeness (QED) is 0.0767. The number of carbonyl (C=O) groups is 3. The largest absolute Gasteiger partial charge is 0.496 e. The van der Waals surface area contributed by atoms with Gasteiger partial charge in [0.25, 0.3) is 15.9 Å². The summed E-state index contributed by atoms with van der Waals surface area (Å²) in [7, 11) is -2.56. The number of nitrogens with two attached hydrogens (primary N) is 1. The average molecular weight is 879 g/mol. The van der Waals surface area contributed by atoms with Gasteiger partial charge < -0.3 is 36.3 Å². The fraction of sp³-hybridized carbons (Fsp3) is 0.488. The molecule has 0 aliphatic carbocycles. The number of hydrazine groups is 1. The van der Waals surface area contributed by atoms with E-state index in [2.05, 4.69) is 25.7 Å². The highest BCUT2D eigenvalue weighted by molar-refractivity contribution is 8.00. The first-order valence-electron chi connectivity index (χ1n) is 20.4. The Labute approximate surface area is 362 Å². The zero-order valence-corrected chi connectivity index (χ0v) is 37.4. The van der Waals surface area contributed by atoms with Crippen molar-refractivity contribution in [2.75, 3.05) is 32.1 Å². The standard InChI is InChI=1S/C43H58N8O8S2/c1-26-24-33(58-7)27(2)28(3)36(26)61(56,57)49-40(44)45-21-13-17-31(35(52)38-47-30-16-11-12-18-34(30)60-38)46-37(53)32-19-22-50-23-20-43(39(54)51(32)50,25-29-14-9-8-10-15-29)48-41(55)59-42(4,5)6/h8-12,14-16,18,24,31-32,35,38,47,52H,13,17,19-23,25H2,1-7H3,(H,46,53)(H,48,55)(H3,44,45,49)/t31-,32+,35?,38?,43-/m0/s1. The number of hydrogen-bond donors (Lipinski definition) is 6. The monoisotopic (exact) mass is 878 g/mol. The third-order valence-corrected chi connectivity index (χ3v) is 14.1. The van der Waals surface area contributed by atoms with Crippen LogP contribution in [-0.4, -0.2) is 109 Å². The Balaban J connectivity index is 1.19. The van der Waals surface area contributed by atoms with Gasteiger partial charge in [0.05, 0.1) is 18.0 Å². The highest BCUT2D eigenvalue weighted by Crippen LogP contribution is 2.40. The van der Waals surface area contributed by atoms with Gasteiger partial charge in [-0.15, -0.1) is 0 Å². The molecule has 61 heavy (non-hydrogen) atoms. The number of methoxy groups -OCH3 is 1. The highest BCUT2D eigenvalue weighted by atomic mass is 32.2. The Hall–Kier alpha value is -5.04. The molecule has 0 bridgehead atoms. The molecule has 3 aliphatic rings. The number of aliphatic imine (C=N–C) groups is 1. The van der Waals surface area contributed by atoms with Crippen LogP contribution in [0.1, 0.15) is 68.7 Å². The molecule has 3 aromatic carbocycles. The summed E-state index contributed by atoms with van der Waals surface area (Å²) >= 11 is 1.45. The fourth-order valence-electron chi connectivity index (χ4n) is 8.20. The van der Waals surface area contributed by atoms with Crippen LogP contribution in [-0.2, 0) is 30.8 Å². The van der Waals surface area contributed by atoms with E-state index in [1.165, 1.54) is 23.9 Å². The van der Waals surface area contributed by atoms with E-state index in [0.717, 1.165) is 16.1 Å². The maximum atomic E-state index is 14.7. The van der Waals surface area contributed by atoms with E-state index in [9.17, 15) is 27.9 Å². The SMILES string of the molecule is COc1cc(C)c(S(=O)(=O)NC(N)=NCCC[C@H](NC(=O)[C@H]2CCN3CC[C@@](Cc4ccccc4)(NC(=O)OC(C)(C)C)C(=O)N23)C(O)C2Nc3ccccc3S2)c(C)c1C. The summed E-state index contributed by atoms with van der Waals surface area (Å²) in [5, 5.41) is 24.0. The highest BCUT2D eigenvalue weighted by Gasteiger charge is 2.54. The number of nitrogens with zero attached hydrogens (tertiary/aromatic N) is 3. The predicted molar refractivity (Wildman–Crippen MR) is 235 cm³/mol. The second kappa shape index (κ2) is 18.5. The number of sulfonamides is 1. The van der Waals surface area contributed by atoms with Gasteiger partial charge in [-0.25, -0.2) is 22.9 Å². The number of aryl methyl sites for hydroxylation is 1. The molecule has 0 spiro atoms. The van der Waals surface area contributed by atoms with Crippen LogP contribution in [0.25, 0.3) is 0 Å². The first-order chi connectivity index (χ1) is 28.8. The number of fused-ring (bicyclic) bond motifs is 2. The van der Waals surface area contributed by atoms with Crippen LogP contribution in [0.5, 0.6) is 5.75 Å². The van der Waals surface area contributed by atoms with Crippen LogP contribution in [0.2, 0.25) is 0 Å². The van der Waals surface area contributed by atoms with E-state index in [-0.39, 0.29) is 30.2 Å². The normalized spacial score (nSPS) is 21.5. The maximum absolute atomic E-state index is 14.7. The molecule has 0 saturated carbocycles. The molecule has 0 aromatic heterocycles. The lowest BCUT2D eigenvalue weighted by atomic mass is 9.84. The first kappa shape index (κ1) is 45.5. The van der Waals surface area contributed by atoms with Crippen molar-refractivity contribution < 1.29 is 37.4 Å². The van der Waals surface area contributed by atoms with Gasteiger partial charge in [-0.05, 0) is 108 Å². The number of ether oxygens (including phenoxy) is 2. The van der Waals surface area contributed by atoms with E-state index in [0.29, 0.717) is 54.8 Å². The van der Waals surface area contributed by atoms with Crippen LogP contribution < -0.4 is 31.1 Å². The van der Waals surface area contributed by atoms with Gasteiger partial charge in [0.2, 0.25) is 11.9 Å². The van der Waals surface area contributed by atoms with Crippen molar-refractivity contribution in [3.63, 3.8) is 0 Å². The molecule has 3 heterocycles. The first-order valence-corrected chi connectivity index (χ1v) is 22.8. The number of anilines is 1. The number of aliphatic hydroxyl groups excluding tert-OH is 1. The molecular formula is C43H58N8O8S2. The molecule has 3 aliphatic heterocycles. The molecule has 0 radical (unpaired) electrons. The molecule has 2 unspecified atom stereocenters. The lowest BCUT2D eigenvalue weighted by molar-refractivity contribution is -0.167. The number of thioether (sulfide) groups is 1. The smallest absolute Gasteiger partial charge is 0.408 e. The zero-order chi connectivity index (χ0) is 44.3. The molecule has 6 rings (SSSR count). The molecule has 3 aromatic rings. The van der Waals surface area contributed by atoms with Gasteiger partial charge >= 0.3 is 6.09 Å². The predicted octanol–water partition coefficient (Wildman–Crippen LogP) is 4.11. The van der Waals surface area contributed by atoms with Crippen LogP contribution in [0, 0.1) is 20.8 Å². The summed E-state index contributed by atoms with van der Waals surface area (Å²) < 4.78 is 40.3. The maximum Gasteiger partial charge on any atom is 0.408 e. The van der Waals surface area contributed by atoms with Gasteiger partial charge in [0, 0.05) is 36.6 Å². The topological polar surface area (TPSA) is 217 Å². The van der Waals surface area contributed by atoms with Gasteiger partial charge in [0.1, 0.15) is 34.4 Å². The minimum atomic E-state index is -4.09. The van der Waals surface area contributed by atoms with Crippen LogP contribution in [0.4, 0.5) is 10.5 Å². The molecule has 16 nitrogen and oxygen atoms in total. The summed E-state index contributed by atoms with van der Waals surface area (Å²) in [6, 6.07) is 17.0. The Bertz CT molecular complexity index is 2230. The van der Waals surface area contributed by atoms with Crippen LogP contribution in [0.3, 0.4) is 0 Å². The third kappa shape index (κ3) is 10.4. The Morgan fingerprint density at radius 3 is 2.48 bits per heavy atom. The fourth-order valence-corrected chi connectivity index (χ4v) is 10.9. The van der Waals surface area contributed by atoms with E-state index in [1.807, 2.05) is 59.6 Å². The third-order valence-electron chi connectivity index (χ3n) is 11.2. The average Bonchev–Trinajstić information content (AvgIpc) is 3.83. The van der Waals surface area contributed by atoms with Crippen molar-refractivity contribution in [1.29, 1.82) is 0 Å². The number of hydrogen-bond acceptors (Lipinski definition) is 12. The molecule has 18 heteroatoms. The Morgan fingerprint density at radius 2 is 1.79 bits per heavy atom. The van der Waals surface area contributed by atoms with E-state index in [1.54, 1.807) is 47.6 Å². The summed E-state index contributed by atoms with van der Waals surface area (Å²) in [6.45, 7) is 11.3. The van der Waals surface area contributed by atoms with Crippen molar-refractivity contribution >= 4 is 51.3 Å². The Kier molecular flexibility index (Phi) is 13.8. The summed E-state index contributed by atoms with van der Waals surface area (Å²) in [4.78, 5) is 47.8. The van der Waals surface area contributed by atoms with Gasteiger partial charge in [-0.3, -0.25) is 19.6 Å². The number of alkyl carbamates (subject to hydrolysis) is 1. The number of para-hydroxylation sites is 1. The molecule has 2 fully saturated rings. The van der Waals surface area contributed by atoms with Crippen LogP contribution >= 0.6 is 11.8 Å². The van der Waals surface area contributed by atoms with E-state index >= 15 is 0 Å². The van der Waals surface area contributed by atoms with E-state index in [4.69, 9.17) is 15.2 Å². The second-order valence-electron chi connectivity index (χ2n) is 16.8. The van der Waals surface area contributed by atoms with Crippen molar-refractivity contribution in [3.8, 4) is 5.75 Å². The van der Waals surface area contributed by atoms with Gasteiger partial charge in [-0.2, -0.15) is 0 Å². The molecule has 2 saturated heterocycles. The van der Waals surface area contributed by atoms with Gasteiger partial charge in [-0.1, -0.05) is 54.2 Å². The summed E-state index contributed by atoms with van der Waals surface area (Å²) in [5.74, 6) is -0.599. The van der Waals surface area contributed by atoms with Crippen LogP contribution in [0.15, 0.2) is 75.4 Å². The minimum Gasteiger partial charge on any atom is -0.496 e. The number of rotatable bonds is 14. The lowest BCUT2D eigenvalue weighted by Crippen LogP contribution is -2.70. The number of nitrogens with one attached hydrogen (secondary N) is 4. The molecular weight excluding hydrogens is 821 g/mol. The number of carbonyl (C=O) groups excluding carboxylic acids is 3. The number of guanidine groups is 1.